The van der Waals surface area contributed by atoms with Gasteiger partial charge in [0.25, 0.3) is 11.5 Å². The third-order valence-electron chi connectivity index (χ3n) is 5.55. The fourth-order valence-electron chi connectivity index (χ4n) is 4.01. The molecule has 4 heterocycles. The molecule has 0 spiro atoms. The molecular formula is C21H15ClF2N4O3. The van der Waals surface area contributed by atoms with Crippen molar-refractivity contribution in [2.24, 2.45) is 0 Å². The summed E-state index contributed by atoms with van der Waals surface area (Å²) in [6.45, 7) is 0.212. The first-order valence-electron chi connectivity index (χ1n) is 9.37. The van der Waals surface area contributed by atoms with E-state index in [1.165, 1.54) is 11.1 Å². The zero-order valence-electron chi connectivity index (χ0n) is 16.1. The third-order valence-corrected chi connectivity index (χ3v) is 5.84. The number of benzene rings is 1. The second-order valence-electron chi connectivity index (χ2n) is 7.35. The minimum atomic E-state index is -1.12. The van der Waals surface area contributed by atoms with Gasteiger partial charge in [0.05, 0.1) is 30.2 Å². The van der Waals surface area contributed by atoms with Gasteiger partial charge in [-0.25, -0.2) is 13.8 Å². The number of H-pyrrole nitrogens is 2. The first kappa shape index (κ1) is 19.7. The van der Waals surface area contributed by atoms with Crippen molar-refractivity contribution in [1.82, 2.24) is 19.9 Å². The van der Waals surface area contributed by atoms with Crippen LogP contribution in [0.2, 0.25) is 5.15 Å². The minimum absolute atomic E-state index is 0.00821. The quantitative estimate of drug-likeness (QED) is 0.461. The molecule has 2 N–H and O–H groups in total. The number of carbonyl (C=O) groups excluding carboxylic acids is 1. The van der Waals surface area contributed by atoms with Crippen LogP contribution in [0.15, 0.2) is 35.3 Å². The van der Waals surface area contributed by atoms with Crippen molar-refractivity contribution in [2.45, 2.75) is 12.6 Å². The second kappa shape index (κ2) is 7.14. The van der Waals surface area contributed by atoms with Gasteiger partial charge in [-0.05, 0) is 29.7 Å². The molecule has 0 saturated carbocycles. The van der Waals surface area contributed by atoms with Crippen LogP contribution in [0.5, 0.6) is 0 Å². The number of aromatic amines is 2. The van der Waals surface area contributed by atoms with Crippen LogP contribution < -0.4 is 5.56 Å². The SMILES string of the molecule is CN(C(=O)c1cc2ccnc(Cl)c2[nH]1)[C@H]1COCc2[nH]c(=O)c3cc(F)c(F)cc3c21. The molecule has 0 unspecified atom stereocenters. The van der Waals surface area contributed by atoms with Crippen LogP contribution in [-0.2, 0) is 11.3 Å². The highest BCUT2D eigenvalue weighted by Crippen LogP contribution is 2.34. The number of pyridine rings is 2. The van der Waals surface area contributed by atoms with E-state index >= 15 is 0 Å². The normalized spacial score (nSPS) is 15.9. The van der Waals surface area contributed by atoms with E-state index in [1.807, 2.05) is 0 Å². The summed E-state index contributed by atoms with van der Waals surface area (Å²) in [4.78, 5) is 36.7. The fraction of sp³-hybridized carbons (Fsp3) is 0.190. The lowest BCUT2D eigenvalue weighted by atomic mass is 9.95. The number of rotatable bonds is 2. The molecule has 31 heavy (non-hydrogen) atoms. The van der Waals surface area contributed by atoms with Crippen molar-refractivity contribution in [3.05, 3.63) is 74.6 Å². The van der Waals surface area contributed by atoms with E-state index in [9.17, 15) is 18.4 Å². The summed E-state index contributed by atoms with van der Waals surface area (Å²) in [7, 11) is 1.58. The highest BCUT2D eigenvalue weighted by atomic mass is 35.5. The highest BCUT2D eigenvalue weighted by molar-refractivity contribution is 6.33. The van der Waals surface area contributed by atoms with Crippen LogP contribution >= 0.6 is 11.6 Å². The molecule has 0 bridgehead atoms. The van der Waals surface area contributed by atoms with Crippen LogP contribution in [0, 0.1) is 11.6 Å². The molecule has 0 fully saturated rings. The number of likely N-dealkylation sites (N-methyl/N-ethyl adjacent to an activating group) is 1. The van der Waals surface area contributed by atoms with Crippen LogP contribution in [0.1, 0.15) is 27.8 Å². The number of aromatic nitrogens is 3. The van der Waals surface area contributed by atoms with Gasteiger partial charge < -0.3 is 19.6 Å². The van der Waals surface area contributed by atoms with Crippen molar-refractivity contribution >= 4 is 39.2 Å². The van der Waals surface area contributed by atoms with Crippen LogP contribution in [0.4, 0.5) is 8.78 Å². The van der Waals surface area contributed by atoms with Gasteiger partial charge in [-0.2, -0.15) is 0 Å². The minimum Gasteiger partial charge on any atom is -0.373 e. The predicted molar refractivity (Wildman–Crippen MR) is 110 cm³/mol. The van der Waals surface area contributed by atoms with E-state index in [4.69, 9.17) is 16.3 Å². The average molecular weight is 445 g/mol. The molecule has 0 saturated heterocycles. The van der Waals surface area contributed by atoms with E-state index in [0.717, 1.165) is 17.5 Å². The lowest BCUT2D eigenvalue weighted by Gasteiger charge is -2.33. The molecule has 3 aromatic heterocycles. The Labute approximate surface area is 178 Å². The summed E-state index contributed by atoms with van der Waals surface area (Å²) in [5.41, 5.74) is 1.21. The van der Waals surface area contributed by atoms with E-state index in [2.05, 4.69) is 15.0 Å². The predicted octanol–water partition coefficient (Wildman–Crippen LogP) is 3.68. The van der Waals surface area contributed by atoms with Gasteiger partial charge in [-0.15, -0.1) is 0 Å². The molecule has 7 nitrogen and oxygen atoms in total. The topological polar surface area (TPSA) is 91.1 Å². The number of nitrogens with zero attached hydrogens (tertiary/aromatic N) is 2. The lowest BCUT2D eigenvalue weighted by Crippen LogP contribution is -2.37. The molecule has 0 radical (unpaired) electrons. The summed E-state index contributed by atoms with van der Waals surface area (Å²) in [6, 6.07) is 4.60. The lowest BCUT2D eigenvalue weighted by molar-refractivity contribution is 0.0333. The monoisotopic (exact) mass is 444 g/mol. The summed E-state index contributed by atoms with van der Waals surface area (Å²) in [5, 5.41) is 1.22. The Kier molecular flexibility index (Phi) is 4.53. The smallest absolute Gasteiger partial charge is 0.270 e. The van der Waals surface area contributed by atoms with Gasteiger partial charge in [-0.3, -0.25) is 9.59 Å². The Bertz CT molecular complexity index is 1430. The Morgan fingerprint density at radius 3 is 2.71 bits per heavy atom. The van der Waals surface area contributed by atoms with E-state index in [0.29, 0.717) is 16.8 Å². The molecule has 4 aromatic rings. The van der Waals surface area contributed by atoms with Crippen molar-refractivity contribution in [1.29, 1.82) is 0 Å². The van der Waals surface area contributed by atoms with Gasteiger partial charge >= 0.3 is 0 Å². The average Bonchev–Trinajstić information content (AvgIpc) is 3.19. The number of carbonyl (C=O) groups is 1. The van der Waals surface area contributed by atoms with E-state index in [-0.39, 0.29) is 40.7 Å². The maximum atomic E-state index is 14.0. The molecule has 10 heteroatoms. The van der Waals surface area contributed by atoms with Crippen LogP contribution in [0.3, 0.4) is 0 Å². The Morgan fingerprint density at radius 2 is 1.97 bits per heavy atom. The van der Waals surface area contributed by atoms with Gasteiger partial charge in [0, 0.05) is 29.9 Å². The highest BCUT2D eigenvalue weighted by Gasteiger charge is 2.32. The largest absolute Gasteiger partial charge is 0.373 e. The second-order valence-corrected chi connectivity index (χ2v) is 7.71. The summed E-state index contributed by atoms with van der Waals surface area (Å²) in [6.07, 6.45) is 1.54. The van der Waals surface area contributed by atoms with Gasteiger partial charge in [-0.1, -0.05) is 11.6 Å². The molecule has 1 aliphatic heterocycles. The molecule has 1 amide bonds. The zero-order valence-corrected chi connectivity index (χ0v) is 16.9. The summed E-state index contributed by atoms with van der Waals surface area (Å²) >= 11 is 6.09. The Hall–Kier alpha value is -3.30. The Balaban J connectivity index is 1.62. The maximum Gasteiger partial charge on any atom is 0.270 e. The maximum absolute atomic E-state index is 14.0. The van der Waals surface area contributed by atoms with E-state index < -0.39 is 23.2 Å². The molecule has 0 aliphatic carbocycles. The molecule has 5 rings (SSSR count). The number of fused-ring (bicyclic) bond motifs is 4. The summed E-state index contributed by atoms with van der Waals surface area (Å²) < 4.78 is 33.4. The molecule has 1 aromatic carbocycles. The molecular weight excluding hydrogens is 430 g/mol. The van der Waals surface area contributed by atoms with Crippen LogP contribution in [0.25, 0.3) is 21.7 Å². The zero-order chi connectivity index (χ0) is 21.9. The number of ether oxygens (including phenoxy) is 1. The van der Waals surface area contributed by atoms with Crippen molar-refractivity contribution in [3.63, 3.8) is 0 Å². The van der Waals surface area contributed by atoms with E-state index in [1.54, 1.807) is 19.2 Å². The number of hydrogen-bond acceptors (Lipinski definition) is 4. The molecule has 1 aliphatic rings. The molecule has 158 valence electrons. The van der Waals surface area contributed by atoms with Gasteiger partial charge in [0.2, 0.25) is 0 Å². The first-order chi connectivity index (χ1) is 14.8. The van der Waals surface area contributed by atoms with Gasteiger partial charge in [0.15, 0.2) is 16.8 Å². The standard InChI is InChI=1S/C21H15ClF2N4O3/c1-28(21(30)14-4-9-2-3-25-19(22)18(9)26-14)16-8-31-7-15-17(16)10-5-12(23)13(24)6-11(10)20(29)27-15/h2-6,16,26H,7-8H2,1H3,(H,27,29)/t16-/m0/s1. The number of nitrogens with one attached hydrogen (secondary N) is 2. The number of hydrogen-bond donors (Lipinski definition) is 2. The van der Waals surface area contributed by atoms with Gasteiger partial charge in [0.1, 0.15) is 5.69 Å². The third kappa shape index (κ3) is 3.08. The number of amides is 1. The first-order valence-corrected chi connectivity index (χ1v) is 9.75. The van der Waals surface area contributed by atoms with Crippen molar-refractivity contribution in [2.75, 3.05) is 13.7 Å². The molecule has 1 atom stereocenters. The van der Waals surface area contributed by atoms with Crippen LogP contribution in [-0.4, -0.2) is 39.4 Å². The van der Waals surface area contributed by atoms with Crippen molar-refractivity contribution in [3.8, 4) is 0 Å². The fourth-order valence-corrected chi connectivity index (χ4v) is 4.23. The van der Waals surface area contributed by atoms with Crippen molar-refractivity contribution < 1.29 is 18.3 Å². The summed E-state index contributed by atoms with van der Waals surface area (Å²) in [5.74, 6) is -2.55. The number of halogens is 3. The Morgan fingerprint density at radius 1 is 1.23 bits per heavy atom.